The van der Waals surface area contributed by atoms with Crippen LogP contribution < -0.4 is 10.1 Å². The molecule has 0 bridgehead atoms. The molecule has 1 fully saturated rings. The standard InChI is InChI=1S/C22H22N2O5/c1-24-19-7-4-17(10-16(19)11-20(24)22(26)27)23-21(25)15-2-5-18(6-3-15)29-13-14-8-9-28-12-14/h2-7,10-11,14H,8-9,12-13H2,1H3,(H,23,25)(H,26,27). The minimum absolute atomic E-state index is 0.197. The number of ether oxygens (including phenoxy) is 2. The molecular formula is C22H22N2O5. The van der Waals surface area contributed by atoms with E-state index in [4.69, 9.17) is 9.47 Å². The summed E-state index contributed by atoms with van der Waals surface area (Å²) in [7, 11) is 1.70. The predicted molar refractivity (Wildman–Crippen MR) is 109 cm³/mol. The highest BCUT2D eigenvalue weighted by Crippen LogP contribution is 2.23. The average molecular weight is 394 g/mol. The summed E-state index contributed by atoms with van der Waals surface area (Å²) in [6, 6.07) is 13.9. The highest BCUT2D eigenvalue weighted by atomic mass is 16.5. The molecule has 1 aromatic heterocycles. The molecule has 4 rings (SSSR count). The summed E-state index contributed by atoms with van der Waals surface area (Å²) in [6.45, 7) is 2.14. The number of carboxylic acids is 1. The van der Waals surface area contributed by atoms with Crippen molar-refractivity contribution in [3.8, 4) is 5.75 Å². The number of hydrogen-bond acceptors (Lipinski definition) is 4. The van der Waals surface area contributed by atoms with Crippen LogP contribution >= 0.6 is 0 Å². The maximum Gasteiger partial charge on any atom is 0.352 e. The smallest absolute Gasteiger partial charge is 0.352 e. The molecule has 1 atom stereocenters. The number of carbonyl (C=O) groups excluding carboxylic acids is 1. The number of aryl methyl sites for hydroxylation is 1. The SMILES string of the molecule is Cn1c(C(=O)O)cc2cc(NC(=O)c3ccc(OCC4CCOC4)cc3)ccc21. The quantitative estimate of drug-likeness (QED) is 0.667. The van der Waals surface area contributed by atoms with Crippen molar-refractivity contribution in [2.24, 2.45) is 13.0 Å². The third-order valence-corrected chi connectivity index (χ3v) is 5.15. The lowest BCUT2D eigenvalue weighted by Crippen LogP contribution is -2.13. The lowest BCUT2D eigenvalue weighted by Gasteiger charge is -2.11. The summed E-state index contributed by atoms with van der Waals surface area (Å²) in [6.07, 6.45) is 1.01. The zero-order chi connectivity index (χ0) is 20.4. The Bertz CT molecular complexity index is 1050. The molecule has 7 nitrogen and oxygen atoms in total. The number of nitrogens with one attached hydrogen (secondary N) is 1. The molecule has 0 aliphatic carbocycles. The van der Waals surface area contributed by atoms with E-state index < -0.39 is 5.97 Å². The summed E-state index contributed by atoms with van der Waals surface area (Å²) >= 11 is 0. The Balaban J connectivity index is 1.42. The number of fused-ring (bicyclic) bond motifs is 1. The van der Waals surface area contributed by atoms with Crippen molar-refractivity contribution < 1.29 is 24.2 Å². The number of aromatic nitrogens is 1. The Hall–Kier alpha value is -3.32. The summed E-state index contributed by atoms with van der Waals surface area (Å²) < 4.78 is 12.7. The summed E-state index contributed by atoms with van der Waals surface area (Å²) in [5, 5.41) is 12.8. The first-order valence-electron chi connectivity index (χ1n) is 9.46. The van der Waals surface area contributed by atoms with Gasteiger partial charge in [0.1, 0.15) is 11.4 Å². The molecule has 1 amide bonds. The summed E-state index contributed by atoms with van der Waals surface area (Å²) in [4.78, 5) is 23.8. The number of aromatic carboxylic acids is 1. The molecule has 2 aromatic carbocycles. The van der Waals surface area contributed by atoms with Crippen molar-refractivity contribution in [2.75, 3.05) is 25.1 Å². The number of carboxylic acid groups (broad SMARTS) is 1. The summed E-state index contributed by atoms with van der Waals surface area (Å²) in [5.74, 6) is -0.0839. The minimum Gasteiger partial charge on any atom is -0.493 e. The maximum atomic E-state index is 12.5. The van der Waals surface area contributed by atoms with Crippen LogP contribution in [-0.4, -0.2) is 41.4 Å². The van der Waals surface area contributed by atoms with Crippen molar-refractivity contribution in [1.29, 1.82) is 0 Å². The molecule has 0 saturated carbocycles. The fourth-order valence-electron chi connectivity index (χ4n) is 3.47. The van der Waals surface area contributed by atoms with Crippen LogP contribution in [0.15, 0.2) is 48.5 Å². The fourth-order valence-corrected chi connectivity index (χ4v) is 3.47. The van der Waals surface area contributed by atoms with E-state index in [-0.39, 0.29) is 11.6 Å². The van der Waals surface area contributed by atoms with Gasteiger partial charge in [0, 0.05) is 41.7 Å². The molecule has 150 valence electrons. The second-order valence-electron chi connectivity index (χ2n) is 7.19. The number of nitrogens with zero attached hydrogens (tertiary/aromatic N) is 1. The molecule has 1 unspecified atom stereocenters. The normalized spacial score (nSPS) is 16.1. The van der Waals surface area contributed by atoms with E-state index >= 15 is 0 Å². The van der Waals surface area contributed by atoms with E-state index in [1.165, 1.54) is 0 Å². The Morgan fingerprint density at radius 2 is 2.00 bits per heavy atom. The maximum absolute atomic E-state index is 12.5. The third-order valence-electron chi connectivity index (χ3n) is 5.15. The number of amides is 1. The molecule has 7 heteroatoms. The van der Waals surface area contributed by atoms with Gasteiger partial charge >= 0.3 is 5.97 Å². The average Bonchev–Trinajstić information content (AvgIpc) is 3.35. The second-order valence-corrected chi connectivity index (χ2v) is 7.19. The van der Waals surface area contributed by atoms with Gasteiger partial charge in [-0.25, -0.2) is 4.79 Å². The van der Waals surface area contributed by atoms with Gasteiger partial charge in [0.25, 0.3) is 5.91 Å². The molecule has 2 N–H and O–H groups in total. The Kier molecular flexibility index (Phi) is 5.22. The van der Waals surface area contributed by atoms with Crippen LogP contribution in [0.4, 0.5) is 5.69 Å². The van der Waals surface area contributed by atoms with E-state index in [0.717, 1.165) is 36.3 Å². The molecule has 0 radical (unpaired) electrons. The predicted octanol–water partition coefficient (Wildman–Crippen LogP) is 3.54. The van der Waals surface area contributed by atoms with Crippen LogP contribution in [0.25, 0.3) is 10.9 Å². The largest absolute Gasteiger partial charge is 0.493 e. The van der Waals surface area contributed by atoms with E-state index in [0.29, 0.717) is 23.8 Å². The molecule has 1 saturated heterocycles. The number of anilines is 1. The van der Waals surface area contributed by atoms with Crippen molar-refractivity contribution in [3.63, 3.8) is 0 Å². The van der Waals surface area contributed by atoms with Crippen LogP contribution in [0.5, 0.6) is 5.75 Å². The molecule has 3 aromatic rings. The highest BCUT2D eigenvalue weighted by Gasteiger charge is 2.16. The summed E-state index contributed by atoms with van der Waals surface area (Å²) in [5.41, 5.74) is 2.10. The number of hydrogen-bond donors (Lipinski definition) is 2. The monoisotopic (exact) mass is 394 g/mol. The first kappa shape index (κ1) is 19.0. The van der Waals surface area contributed by atoms with Gasteiger partial charge in [-0.3, -0.25) is 4.79 Å². The van der Waals surface area contributed by atoms with E-state index in [9.17, 15) is 14.7 Å². The highest BCUT2D eigenvalue weighted by molar-refractivity contribution is 6.05. The van der Waals surface area contributed by atoms with Gasteiger partial charge in [0.15, 0.2) is 0 Å². The first-order valence-corrected chi connectivity index (χ1v) is 9.46. The Morgan fingerprint density at radius 3 is 2.69 bits per heavy atom. The Labute approximate surface area is 167 Å². The number of rotatable bonds is 6. The van der Waals surface area contributed by atoms with E-state index in [2.05, 4.69) is 5.32 Å². The lowest BCUT2D eigenvalue weighted by atomic mass is 10.1. The fraction of sp³-hybridized carbons (Fsp3) is 0.273. The zero-order valence-corrected chi connectivity index (χ0v) is 16.1. The van der Waals surface area contributed by atoms with Gasteiger partial charge in [0.2, 0.25) is 0 Å². The van der Waals surface area contributed by atoms with Crippen LogP contribution in [0.1, 0.15) is 27.3 Å². The van der Waals surface area contributed by atoms with Gasteiger partial charge in [-0.2, -0.15) is 0 Å². The molecule has 0 spiro atoms. The topological polar surface area (TPSA) is 89.8 Å². The second kappa shape index (κ2) is 7.97. The molecule has 1 aliphatic rings. The van der Waals surface area contributed by atoms with Gasteiger partial charge in [-0.15, -0.1) is 0 Å². The van der Waals surface area contributed by atoms with Crippen molar-refractivity contribution in [2.45, 2.75) is 6.42 Å². The van der Waals surface area contributed by atoms with Crippen LogP contribution in [-0.2, 0) is 11.8 Å². The molecule has 1 aliphatic heterocycles. The van der Waals surface area contributed by atoms with Crippen molar-refractivity contribution >= 4 is 28.5 Å². The Morgan fingerprint density at radius 1 is 1.21 bits per heavy atom. The minimum atomic E-state index is -0.989. The van der Waals surface area contributed by atoms with Gasteiger partial charge in [-0.05, 0) is 55.0 Å². The van der Waals surface area contributed by atoms with Gasteiger partial charge in [-0.1, -0.05) is 0 Å². The van der Waals surface area contributed by atoms with E-state index in [1.54, 1.807) is 60.1 Å². The van der Waals surface area contributed by atoms with E-state index in [1.807, 2.05) is 0 Å². The third kappa shape index (κ3) is 4.09. The van der Waals surface area contributed by atoms with Crippen molar-refractivity contribution in [3.05, 3.63) is 59.8 Å². The molecule has 2 heterocycles. The lowest BCUT2D eigenvalue weighted by molar-refractivity contribution is 0.0687. The van der Waals surface area contributed by atoms with Crippen LogP contribution in [0.2, 0.25) is 0 Å². The van der Waals surface area contributed by atoms with Gasteiger partial charge < -0.3 is 24.5 Å². The number of carbonyl (C=O) groups is 2. The van der Waals surface area contributed by atoms with Crippen molar-refractivity contribution in [1.82, 2.24) is 4.57 Å². The van der Waals surface area contributed by atoms with Gasteiger partial charge in [0.05, 0.1) is 13.2 Å². The van der Waals surface area contributed by atoms with Crippen LogP contribution in [0, 0.1) is 5.92 Å². The molecule has 29 heavy (non-hydrogen) atoms. The van der Waals surface area contributed by atoms with Crippen LogP contribution in [0.3, 0.4) is 0 Å². The zero-order valence-electron chi connectivity index (χ0n) is 16.1. The molecular weight excluding hydrogens is 372 g/mol. The number of benzene rings is 2. The first-order chi connectivity index (χ1) is 14.0.